The van der Waals surface area contributed by atoms with E-state index < -0.39 is 5.54 Å². The third-order valence-corrected chi connectivity index (χ3v) is 4.04. The topological polar surface area (TPSA) is 71.5 Å². The minimum atomic E-state index is -0.514. The number of benzene rings is 1. The molecule has 0 bridgehead atoms. The summed E-state index contributed by atoms with van der Waals surface area (Å²) in [6.45, 7) is 5.62. The smallest absolute Gasteiger partial charge is 0.254 e. The van der Waals surface area contributed by atoms with Crippen molar-refractivity contribution in [1.82, 2.24) is 9.88 Å². The fraction of sp³-hybridized carbons (Fsp3) is 0.353. The van der Waals surface area contributed by atoms with Gasteiger partial charge in [0.25, 0.3) is 5.91 Å². The Morgan fingerprint density at radius 1 is 1.33 bits per heavy atom. The molecule has 1 aromatic heterocycles. The van der Waals surface area contributed by atoms with Gasteiger partial charge in [0.1, 0.15) is 12.3 Å². The molecule has 0 spiro atoms. The van der Waals surface area contributed by atoms with Crippen molar-refractivity contribution in [3.63, 3.8) is 0 Å². The van der Waals surface area contributed by atoms with Crippen LogP contribution in [-0.2, 0) is 4.79 Å². The van der Waals surface area contributed by atoms with Crippen LogP contribution in [0, 0.1) is 0 Å². The Bertz CT molecular complexity index is 708. The molecule has 0 aliphatic rings. The number of amides is 2. The number of hydrogen-bond donors (Lipinski definition) is 1. The van der Waals surface area contributed by atoms with Gasteiger partial charge in [-0.3, -0.25) is 9.59 Å². The molecule has 1 aromatic carbocycles. The molecule has 0 atom stereocenters. The number of methoxy groups -OCH3 is 1. The molecular weight excluding hydrogens is 326 g/mol. The average molecular weight is 347 g/mol. The Kier molecular flexibility index (Phi) is 5.56. The summed E-state index contributed by atoms with van der Waals surface area (Å²) in [5, 5.41) is 5.00. The quantitative estimate of drug-likeness (QED) is 0.902. The summed E-state index contributed by atoms with van der Waals surface area (Å²) in [5.41, 5.74) is -0.0354. The van der Waals surface area contributed by atoms with Crippen LogP contribution in [0.25, 0.3) is 0 Å². The van der Waals surface area contributed by atoms with E-state index in [1.54, 1.807) is 43.0 Å². The zero-order valence-electron chi connectivity index (χ0n) is 14.2. The Morgan fingerprint density at radius 3 is 2.67 bits per heavy atom. The van der Waals surface area contributed by atoms with Gasteiger partial charge in [-0.05, 0) is 39.0 Å². The van der Waals surface area contributed by atoms with Gasteiger partial charge in [0.15, 0.2) is 5.13 Å². The largest absolute Gasteiger partial charge is 0.497 e. The van der Waals surface area contributed by atoms with Gasteiger partial charge in [-0.15, -0.1) is 11.3 Å². The molecule has 24 heavy (non-hydrogen) atoms. The summed E-state index contributed by atoms with van der Waals surface area (Å²) < 4.78 is 5.16. The summed E-state index contributed by atoms with van der Waals surface area (Å²) in [5.74, 6) is 0.0914. The number of carbonyl (C=O) groups excluding carboxylic acids is 2. The predicted octanol–water partition coefficient (Wildman–Crippen LogP) is 3.03. The zero-order chi connectivity index (χ0) is 17.7. The first-order valence-electron chi connectivity index (χ1n) is 7.46. The van der Waals surface area contributed by atoms with Crippen LogP contribution < -0.4 is 10.1 Å². The van der Waals surface area contributed by atoms with Gasteiger partial charge < -0.3 is 15.0 Å². The number of nitrogens with one attached hydrogen (secondary N) is 1. The summed E-state index contributed by atoms with van der Waals surface area (Å²) >= 11 is 1.33. The van der Waals surface area contributed by atoms with Gasteiger partial charge in [-0.1, -0.05) is 6.07 Å². The lowest BCUT2D eigenvalue weighted by atomic mass is 10.0. The van der Waals surface area contributed by atoms with E-state index in [2.05, 4.69) is 10.3 Å². The van der Waals surface area contributed by atoms with E-state index in [0.29, 0.717) is 16.4 Å². The first-order valence-corrected chi connectivity index (χ1v) is 8.34. The van der Waals surface area contributed by atoms with Crippen LogP contribution in [0.1, 0.15) is 31.1 Å². The molecule has 0 saturated heterocycles. The minimum Gasteiger partial charge on any atom is -0.497 e. The van der Waals surface area contributed by atoms with Crippen LogP contribution in [0.5, 0.6) is 5.75 Å². The Morgan fingerprint density at radius 2 is 2.08 bits per heavy atom. The van der Waals surface area contributed by atoms with Crippen molar-refractivity contribution in [2.24, 2.45) is 0 Å². The van der Waals surface area contributed by atoms with E-state index in [1.165, 1.54) is 16.2 Å². The highest BCUT2D eigenvalue weighted by molar-refractivity contribution is 7.13. The maximum absolute atomic E-state index is 12.9. The molecule has 128 valence electrons. The van der Waals surface area contributed by atoms with Crippen molar-refractivity contribution < 1.29 is 14.3 Å². The first kappa shape index (κ1) is 17.9. The van der Waals surface area contributed by atoms with Crippen molar-refractivity contribution in [2.75, 3.05) is 19.0 Å². The third kappa shape index (κ3) is 4.55. The van der Waals surface area contributed by atoms with E-state index in [4.69, 9.17) is 4.74 Å². The number of anilines is 1. The molecule has 2 rings (SSSR count). The summed E-state index contributed by atoms with van der Waals surface area (Å²) in [6, 6.07) is 6.90. The van der Waals surface area contributed by atoms with Crippen LogP contribution in [0.3, 0.4) is 0 Å². The molecule has 0 fully saturated rings. The summed E-state index contributed by atoms with van der Waals surface area (Å²) in [6.07, 6.45) is 1.61. The number of nitrogens with zero attached hydrogens (tertiary/aromatic N) is 2. The average Bonchev–Trinajstić information content (AvgIpc) is 3.04. The molecule has 0 aliphatic heterocycles. The van der Waals surface area contributed by atoms with E-state index in [0.717, 1.165) is 0 Å². The second-order valence-electron chi connectivity index (χ2n) is 6.18. The van der Waals surface area contributed by atoms with Crippen molar-refractivity contribution in [2.45, 2.75) is 26.3 Å². The maximum Gasteiger partial charge on any atom is 0.254 e. The normalized spacial score (nSPS) is 11.0. The van der Waals surface area contributed by atoms with Crippen molar-refractivity contribution in [1.29, 1.82) is 0 Å². The van der Waals surface area contributed by atoms with Gasteiger partial charge in [0.2, 0.25) is 5.91 Å². The van der Waals surface area contributed by atoms with Gasteiger partial charge >= 0.3 is 0 Å². The van der Waals surface area contributed by atoms with Gasteiger partial charge in [-0.2, -0.15) is 0 Å². The van der Waals surface area contributed by atoms with E-state index in [1.807, 2.05) is 20.8 Å². The molecule has 1 heterocycles. The van der Waals surface area contributed by atoms with E-state index in [9.17, 15) is 9.59 Å². The Hall–Kier alpha value is -2.41. The number of hydrogen-bond acceptors (Lipinski definition) is 5. The summed E-state index contributed by atoms with van der Waals surface area (Å²) in [7, 11) is 1.55. The second-order valence-corrected chi connectivity index (χ2v) is 7.07. The van der Waals surface area contributed by atoms with Crippen molar-refractivity contribution in [3.8, 4) is 5.75 Å². The van der Waals surface area contributed by atoms with Gasteiger partial charge in [-0.25, -0.2) is 4.98 Å². The molecule has 7 heteroatoms. The fourth-order valence-electron chi connectivity index (χ4n) is 2.11. The predicted molar refractivity (Wildman–Crippen MR) is 94.5 cm³/mol. The number of carbonyl (C=O) groups is 2. The van der Waals surface area contributed by atoms with E-state index >= 15 is 0 Å². The molecule has 2 amide bonds. The second kappa shape index (κ2) is 7.44. The number of ether oxygens (including phenoxy) is 1. The molecule has 0 saturated carbocycles. The molecular formula is C17H21N3O3S. The summed E-state index contributed by atoms with van der Waals surface area (Å²) in [4.78, 5) is 30.7. The Balaban J connectivity index is 2.18. The third-order valence-electron chi connectivity index (χ3n) is 3.35. The lowest BCUT2D eigenvalue weighted by molar-refractivity contribution is -0.117. The number of thiazole rings is 1. The lowest BCUT2D eigenvalue weighted by Crippen LogP contribution is -2.49. The maximum atomic E-state index is 12.9. The monoisotopic (exact) mass is 347 g/mol. The van der Waals surface area contributed by atoms with Gasteiger partial charge in [0.05, 0.1) is 7.11 Å². The molecule has 2 aromatic rings. The lowest BCUT2D eigenvalue weighted by Gasteiger charge is -2.35. The molecule has 0 aliphatic carbocycles. The van der Waals surface area contributed by atoms with Crippen molar-refractivity contribution in [3.05, 3.63) is 41.4 Å². The van der Waals surface area contributed by atoms with E-state index in [-0.39, 0.29) is 18.4 Å². The zero-order valence-corrected chi connectivity index (χ0v) is 15.0. The van der Waals surface area contributed by atoms with Crippen LogP contribution in [0.2, 0.25) is 0 Å². The SMILES string of the molecule is COc1cccc(C(=O)N(CC(=O)Nc2nccs2)C(C)(C)C)c1. The molecule has 0 radical (unpaired) electrons. The highest BCUT2D eigenvalue weighted by Crippen LogP contribution is 2.20. The number of aromatic nitrogens is 1. The van der Waals surface area contributed by atoms with Crippen LogP contribution >= 0.6 is 11.3 Å². The molecule has 1 N–H and O–H groups in total. The van der Waals surface area contributed by atoms with Crippen LogP contribution in [0.15, 0.2) is 35.8 Å². The van der Waals surface area contributed by atoms with Crippen LogP contribution in [0.4, 0.5) is 5.13 Å². The molecule has 0 unspecified atom stereocenters. The van der Waals surface area contributed by atoms with Gasteiger partial charge in [0, 0.05) is 22.7 Å². The molecule has 6 nitrogen and oxygen atoms in total. The Labute approximate surface area is 145 Å². The first-order chi connectivity index (χ1) is 11.3. The standard InChI is InChI=1S/C17H21N3O3S/c1-17(2,3)20(11-14(21)19-16-18-8-9-24-16)15(22)12-6-5-7-13(10-12)23-4/h5-10H,11H2,1-4H3,(H,18,19,21). The minimum absolute atomic E-state index is 0.0564. The fourth-order valence-corrected chi connectivity index (χ4v) is 2.66. The number of rotatable bonds is 5. The van der Waals surface area contributed by atoms with Crippen molar-refractivity contribution >= 4 is 28.3 Å². The highest BCUT2D eigenvalue weighted by Gasteiger charge is 2.29. The highest BCUT2D eigenvalue weighted by atomic mass is 32.1. The van der Waals surface area contributed by atoms with Crippen LogP contribution in [-0.4, -0.2) is 40.9 Å².